The van der Waals surface area contributed by atoms with E-state index in [1.807, 2.05) is 0 Å². The van der Waals surface area contributed by atoms with Gasteiger partial charge in [-0.05, 0) is 6.92 Å². The Morgan fingerprint density at radius 3 is 1.40 bits per heavy atom. The SMILES string of the molecule is CCO.ClC(Cl)C(Cl)(Cl)Cl. The Bertz CT molecular complexity index is 68.5. The molecule has 0 aromatic carbocycles. The van der Waals surface area contributed by atoms with Gasteiger partial charge in [-0.2, -0.15) is 0 Å². The summed E-state index contributed by atoms with van der Waals surface area (Å²) < 4.78 is -1.55. The molecule has 1 N–H and O–H groups in total. The lowest BCUT2D eigenvalue weighted by atomic mass is 10.9. The predicted octanol–water partition coefficient (Wildman–Crippen LogP) is 3.16. The van der Waals surface area contributed by atoms with Crippen molar-refractivity contribution in [2.45, 2.75) is 15.6 Å². The summed E-state index contributed by atoms with van der Waals surface area (Å²) in [6.07, 6.45) is 0. The molecule has 6 heteroatoms. The highest BCUT2D eigenvalue weighted by molar-refractivity contribution is 6.73. The molecule has 0 rings (SSSR count). The van der Waals surface area contributed by atoms with Gasteiger partial charge in [-0.3, -0.25) is 0 Å². The average molecular weight is 248 g/mol. The summed E-state index contributed by atoms with van der Waals surface area (Å²) in [5.74, 6) is 0. The molecule has 0 spiro atoms. The number of hydrogen-bond donors (Lipinski definition) is 1. The summed E-state index contributed by atoms with van der Waals surface area (Å²) in [5, 5.41) is 7.57. The Kier molecular flexibility index (Phi) is 9.89. The highest BCUT2D eigenvalue weighted by Crippen LogP contribution is 2.35. The third kappa shape index (κ3) is 12.1. The van der Waals surface area contributed by atoms with Crippen LogP contribution in [0, 0.1) is 0 Å². The Morgan fingerprint density at radius 1 is 1.30 bits per heavy atom. The summed E-state index contributed by atoms with van der Waals surface area (Å²) >= 11 is 25.7. The minimum absolute atomic E-state index is 0.250. The van der Waals surface area contributed by atoms with Crippen LogP contribution < -0.4 is 0 Å². The molecule has 0 amide bonds. The third-order valence-electron chi connectivity index (χ3n) is 0.247. The van der Waals surface area contributed by atoms with Crippen LogP contribution in [-0.2, 0) is 0 Å². The average Bonchev–Trinajstić information content (AvgIpc) is 1.64. The fraction of sp³-hybridized carbons (Fsp3) is 1.00. The first-order chi connectivity index (χ1) is 4.36. The number of rotatable bonds is 0. The molecule has 64 valence electrons. The Hall–Kier alpha value is 1.41. The summed E-state index contributed by atoms with van der Waals surface area (Å²) in [4.78, 5) is -0.961. The zero-order chi connectivity index (χ0) is 8.78. The van der Waals surface area contributed by atoms with E-state index in [4.69, 9.17) is 63.1 Å². The lowest BCUT2D eigenvalue weighted by Gasteiger charge is -2.09. The summed E-state index contributed by atoms with van der Waals surface area (Å²) in [6.45, 7) is 1.93. The van der Waals surface area contributed by atoms with Gasteiger partial charge in [0.05, 0.1) is 0 Å². The number of aliphatic hydroxyl groups excluding tert-OH is 1. The predicted molar refractivity (Wildman–Crippen MR) is 48.5 cm³/mol. The van der Waals surface area contributed by atoms with Crippen molar-refractivity contribution < 1.29 is 5.11 Å². The summed E-state index contributed by atoms with van der Waals surface area (Å²) in [5.41, 5.74) is 0. The van der Waals surface area contributed by atoms with Gasteiger partial charge in [-0.1, -0.05) is 34.8 Å². The first-order valence-electron chi connectivity index (χ1n) is 2.32. The fourth-order valence-electron chi connectivity index (χ4n) is 0. The molecule has 0 saturated heterocycles. The van der Waals surface area contributed by atoms with Crippen LogP contribution in [0.25, 0.3) is 0 Å². The van der Waals surface area contributed by atoms with Crippen LogP contribution in [0.2, 0.25) is 0 Å². The molecule has 1 nitrogen and oxygen atoms in total. The van der Waals surface area contributed by atoms with E-state index in [2.05, 4.69) is 0 Å². The molecule has 0 unspecified atom stereocenters. The van der Waals surface area contributed by atoms with Crippen LogP contribution in [0.5, 0.6) is 0 Å². The quantitative estimate of drug-likeness (QED) is 0.653. The second kappa shape index (κ2) is 7.08. The van der Waals surface area contributed by atoms with Gasteiger partial charge in [-0.15, -0.1) is 23.2 Å². The second-order valence-corrected chi connectivity index (χ2v) is 4.62. The largest absolute Gasteiger partial charge is 0.397 e. The van der Waals surface area contributed by atoms with Crippen LogP contribution in [0.3, 0.4) is 0 Å². The first kappa shape index (κ1) is 14.0. The van der Waals surface area contributed by atoms with E-state index >= 15 is 0 Å². The lowest BCUT2D eigenvalue weighted by molar-refractivity contribution is 0.318. The molecular formula is C4H7Cl5O. The Balaban J connectivity index is 0. The van der Waals surface area contributed by atoms with Gasteiger partial charge >= 0.3 is 0 Å². The molecule has 0 bridgehead atoms. The summed E-state index contributed by atoms with van der Waals surface area (Å²) in [6, 6.07) is 0. The van der Waals surface area contributed by atoms with Crippen molar-refractivity contribution in [3.63, 3.8) is 0 Å². The molecular weight excluding hydrogens is 241 g/mol. The zero-order valence-electron chi connectivity index (χ0n) is 5.12. The van der Waals surface area contributed by atoms with Crippen LogP contribution >= 0.6 is 58.0 Å². The molecule has 0 heterocycles. The number of hydrogen-bond acceptors (Lipinski definition) is 1. The van der Waals surface area contributed by atoms with E-state index in [1.165, 1.54) is 0 Å². The van der Waals surface area contributed by atoms with Crippen molar-refractivity contribution in [1.29, 1.82) is 0 Å². The van der Waals surface area contributed by atoms with E-state index in [0.29, 0.717) is 0 Å². The van der Waals surface area contributed by atoms with Gasteiger partial charge < -0.3 is 5.11 Å². The van der Waals surface area contributed by atoms with Crippen molar-refractivity contribution >= 4 is 58.0 Å². The zero-order valence-corrected chi connectivity index (χ0v) is 8.90. The molecule has 0 aliphatic carbocycles. The van der Waals surface area contributed by atoms with Gasteiger partial charge in [0.25, 0.3) is 0 Å². The van der Waals surface area contributed by atoms with Gasteiger partial charge in [0.1, 0.15) is 0 Å². The maximum absolute atomic E-state index is 7.57. The smallest absolute Gasteiger partial charge is 0.220 e. The molecule has 0 aromatic rings. The monoisotopic (exact) mass is 246 g/mol. The minimum Gasteiger partial charge on any atom is -0.397 e. The standard InChI is InChI=1S/C2HCl5.C2H6O/c3-1(4)2(5,6)7;1-2-3/h1H;3H,2H2,1H3. The number of halogens is 5. The van der Waals surface area contributed by atoms with Crippen molar-refractivity contribution in [2.24, 2.45) is 0 Å². The van der Waals surface area contributed by atoms with Gasteiger partial charge in [0, 0.05) is 6.61 Å². The van der Waals surface area contributed by atoms with Gasteiger partial charge in [0.15, 0.2) is 4.84 Å². The van der Waals surface area contributed by atoms with E-state index in [-0.39, 0.29) is 6.61 Å². The molecule has 0 aliphatic heterocycles. The molecule has 0 fully saturated rings. The molecule has 0 aliphatic rings. The first-order valence-corrected chi connectivity index (χ1v) is 4.32. The van der Waals surface area contributed by atoms with E-state index in [9.17, 15) is 0 Å². The van der Waals surface area contributed by atoms with E-state index in [1.54, 1.807) is 6.92 Å². The normalized spacial score (nSPS) is 10.8. The molecule has 0 aromatic heterocycles. The van der Waals surface area contributed by atoms with Crippen molar-refractivity contribution in [3.8, 4) is 0 Å². The van der Waals surface area contributed by atoms with Crippen LogP contribution in [0.4, 0.5) is 0 Å². The van der Waals surface area contributed by atoms with Crippen LogP contribution in [-0.4, -0.2) is 20.3 Å². The fourth-order valence-corrected chi connectivity index (χ4v) is 0. The second-order valence-electron chi connectivity index (χ2n) is 1.16. The van der Waals surface area contributed by atoms with E-state index in [0.717, 1.165) is 0 Å². The number of aliphatic hydroxyl groups is 1. The van der Waals surface area contributed by atoms with Gasteiger partial charge in [-0.25, -0.2) is 0 Å². The van der Waals surface area contributed by atoms with Crippen LogP contribution in [0.1, 0.15) is 6.92 Å². The van der Waals surface area contributed by atoms with Crippen LogP contribution in [0.15, 0.2) is 0 Å². The maximum Gasteiger partial charge on any atom is 0.220 e. The molecule has 0 radical (unpaired) electrons. The Morgan fingerprint density at radius 2 is 1.40 bits per heavy atom. The lowest BCUT2D eigenvalue weighted by Crippen LogP contribution is -2.11. The van der Waals surface area contributed by atoms with Crippen molar-refractivity contribution in [2.75, 3.05) is 6.61 Å². The Labute approximate surface area is 85.2 Å². The highest BCUT2D eigenvalue weighted by Gasteiger charge is 2.28. The molecule has 10 heavy (non-hydrogen) atoms. The maximum atomic E-state index is 7.57. The highest BCUT2D eigenvalue weighted by atomic mass is 35.6. The topological polar surface area (TPSA) is 20.2 Å². The number of alkyl halides is 5. The van der Waals surface area contributed by atoms with Crippen molar-refractivity contribution in [1.82, 2.24) is 0 Å². The van der Waals surface area contributed by atoms with Crippen molar-refractivity contribution in [3.05, 3.63) is 0 Å². The molecule has 0 saturated carbocycles. The summed E-state index contributed by atoms with van der Waals surface area (Å²) in [7, 11) is 0. The van der Waals surface area contributed by atoms with E-state index < -0.39 is 8.63 Å². The third-order valence-corrected chi connectivity index (χ3v) is 2.23. The molecule has 0 atom stereocenters. The van der Waals surface area contributed by atoms with Gasteiger partial charge in [0.2, 0.25) is 3.79 Å². The minimum atomic E-state index is -1.55.